The van der Waals surface area contributed by atoms with Crippen molar-refractivity contribution in [3.63, 3.8) is 0 Å². The van der Waals surface area contributed by atoms with E-state index in [1.165, 1.54) is 12.1 Å². The number of aromatic hydroxyl groups is 3. The Labute approximate surface area is 135 Å². The normalized spacial score (nSPS) is 17.7. The van der Waals surface area contributed by atoms with Crippen LogP contribution in [0.1, 0.15) is 22.7 Å². The highest BCUT2D eigenvalue weighted by Gasteiger charge is 2.27. The molecular formula is C18H21NO4. The summed E-state index contributed by atoms with van der Waals surface area (Å²) in [6.07, 6.45) is 1.43. The van der Waals surface area contributed by atoms with Gasteiger partial charge in [-0.2, -0.15) is 0 Å². The van der Waals surface area contributed by atoms with Crippen LogP contribution in [0.25, 0.3) is 0 Å². The van der Waals surface area contributed by atoms with E-state index >= 15 is 0 Å². The van der Waals surface area contributed by atoms with Crippen molar-refractivity contribution < 1.29 is 20.1 Å². The molecule has 0 bridgehead atoms. The summed E-state index contributed by atoms with van der Waals surface area (Å²) in [7, 11) is 3.56. The van der Waals surface area contributed by atoms with Gasteiger partial charge in [0, 0.05) is 12.6 Å². The van der Waals surface area contributed by atoms with Crippen LogP contribution in [-0.2, 0) is 12.8 Å². The lowest BCUT2D eigenvalue weighted by Crippen LogP contribution is -2.33. The minimum absolute atomic E-state index is 0.0169. The second-order valence-electron chi connectivity index (χ2n) is 5.99. The molecule has 23 heavy (non-hydrogen) atoms. The number of hydrogen-bond donors (Lipinski definition) is 3. The first-order chi connectivity index (χ1) is 11.0. The van der Waals surface area contributed by atoms with Gasteiger partial charge in [-0.25, -0.2) is 0 Å². The van der Waals surface area contributed by atoms with Crippen molar-refractivity contribution in [3.8, 4) is 23.0 Å². The summed E-state index contributed by atoms with van der Waals surface area (Å²) < 4.78 is 5.19. The number of hydrogen-bond acceptors (Lipinski definition) is 5. The van der Waals surface area contributed by atoms with Gasteiger partial charge in [-0.1, -0.05) is 0 Å². The fourth-order valence-corrected chi connectivity index (χ4v) is 3.22. The zero-order valence-electron chi connectivity index (χ0n) is 13.3. The molecule has 0 spiro atoms. The number of methoxy groups -OCH3 is 1. The predicted octanol–water partition coefficient (Wildman–Crippen LogP) is 2.58. The van der Waals surface area contributed by atoms with Crippen LogP contribution >= 0.6 is 0 Å². The van der Waals surface area contributed by atoms with Crippen LogP contribution in [0.4, 0.5) is 0 Å². The maximum Gasteiger partial charge on any atom is 0.160 e. The molecule has 1 heterocycles. The average molecular weight is 315 g/mol. The van der Waals surface area contributed by atoms with Gasteiger partial charge >= 0.3 is 0 Å². The molecule has 0 fully saturated rings. The largest absolute Gasteiger partial charge is 0.508 e. The van der Waals surface area contributed by atoms with Gasteiger partial charge in [0.1, 0.15) is 11.5 Å². The van der Waals surface area contributed by atoms with Gasteiger partial charge in [0.2, 0.25) is 0 Å². The van der Waals surface area contributed by atoms with Gasteiger partial charge < -0.3 is 20.1 Å². The molecule has 0 saturated carbocycles. The molecule has 2 aromatic carbocycles. The number of benzene rings is 2. The lowest BCUT2D eigenvalue weighted by molar-refractivity contribution is 0.226. The Morgan fingerprint density at radius 1 is 1.13 bits per heavy atom. The molecule has 0 aromatic heterocycles. The van der Waals surface area contributed by atoms with Crippen LogP contribution in [0.2, 0.25) is 0 Å². The van der Waals surface area contributed by atoms with E-state index in [4.69, 9.17) is 4.74 Å². The molecule has 2 aromatic rings. The average Bonchev–Trinajstić information content (AvgIpc) is 2.53. The standard InChI is InChI=1S/C18H21NO4/c1-19-6-5-11-9-18(23-2)17(22)10-14(11)15(19)8-12-7-13(20)3-4-16(12)21/h3-4,7,9-10,15,20-22H,5-6,8H2,1-2H3/t15-/m0/s1. The molecule has 122 valence electrons. The van der Waals surface area contributed by atoms with E-state index in [1.807, 2.05) is 13.1 Å². The molecule has 0 unspecified atom stereocenters. The number of phenolic OH excluding ortho intramolecular Hbond substituents is 3. The maximum atomic E-state index is 10.1. The van der Waals surface area contributed by atoms with Crippen LogP contribution in [0, 0.1) is 0 Å². The zero-order valence-corrected chi connectivity index (χ0v) is 13.3. The Bertz CT molecular complexity index is 729. The van der Waals surface area contributed by atoms with Crippen molar-refractivity contribution in [2.45, 2.75) is 18.9 Å². The zero-order chi connectivity index (χ0) is 16.6. The van der Waals surface area contributed by atoms with E-state index in [0.29, 0.717) is 17.7 Å². The Morgan fingerprint density at radius 3 is 2.65 bits per heavy atom. The number of ether oxygens (including phenoxy) is 1. The molecule has 0 amide bonds. The Morgan fingerprint density at radius 2 is 1.91 bits per heavy atom. The van der Waals surface area contributed by atoms with Crippen molar-refractivity contribution in [1.29, 1.82) is 0 Å². The van der Waals surface area contributed by atoms with Crippen molar-refractivity contribution in [2.75, 3.05) is 20.7 Å². The fourth-order valence-electron chi connectivity index (χ4n) is 3.22. The fraction of sp³-hybridized carbons (Fsp3) is 0.333. The number of fused-ring (bicyclic) bond motifs is 1. The first kappa shape index (κ1) is 15.5. The lowest BCUT2D eigenvalue weighted by Gasteiger charge is -2.35. The van der Waals surface area contributed by atoms with Gasteiger partial charge in [0.25, 0.3) is 0 Å². The molecule has 5 heteroatoms. The molecular weight excluding hydrogens is 294 g/mol. The lowest BCUT2D eigenvalue weighted by atomic mass is 9.88. The molecule has 3 N–H and O–H groups in total. The Balaban J connectivity index is 2.00. The highest BCUT2D eigenvalue weighted by Crippen LogP contribution is 2.39. The number of nitrogens with zero attached hydrogens (tertiary/aromatic N) is 1. The predicted molar refractivity (Wildman–Crippen MR) is 87.2 cm³/mol. The van der Waals surface area contributed by atoms with E-state index in [0.717, 1.165) is 24.1 Å². The first-order valence-corrected chi connectivity index (χ1v) is 7.60. The van der Waals surface area contributed by atoms with E-state index in [1.54, 1.807) is 19.2 Å². The third-order valence-electron chi connectivity index (χ3n) is 4.54. The van der Waals surface area contributed by atoms with Crippen molar-refractivity contribution in [2.24, 2.45) is 0 Å². The van der Waals surface area contributed by atoms with E-state index in [2.05, 4.69) is 4.90 Å². The summed E-state index contributed by atoms with van der Waals surface area (Å²) in [6, 6.07) is 8.19. The second-order valence-corrected chi connectivity index (χ2v) is 5.99. The molecule has 1 atom stereocenters. The summed E-state index contributed by atoms with van der Waals surface area (Å²) in [5.74, 6) is 0.897. The minimum Gasteiger partial charge on any atom is -0.508 e. The third kappa shape index (κ3) is 2.92. The molecule has 0 saturated heterocycles. The third-order valence-corrected chi connectivity index (χ3v) is 4.54. The maximum absolute atomic E-state index is 10.1. The molecule has 1 aliphatic heterocycles. The molecule has 5 nitrogen and oxygen atoms in total. The van der Waals surface area contributed by atoms with E-state index in [9.17, 15) is 15.3 Å². The molecule has 0 aliphatic carbocycles. The van der Waals surface area contributed by atoms with Crippen LogP contribution in [0.15, 0.2) is 30.3 Å². The minimum atomic E-state index is 0.0169. The summed E-state index contributed by atoms with van der Waals surface area (Å²) >= 11 is 0. The van der Waals surface area contributed by atoms with Gasteiger partial charge in [-0.15, -0.1) is 0 Å². The van der Waals surface area contributed by atoms with Gasteiger partial charge in [-0.05, 0) is 66.9 Å². The smallest absolute Gasteiger partial charge is 0.160 e. The second kappa shape index (κ2) is 6.01. The van der Waals surface area contributed by atoms with Gasteiger partial charge in [0.15, 0.2) is 11.5 Å². The van der Waals surface area contributed by atoms with Crippen molar-refractivity contribution in [3.05, 3.63) is 47.0 Å². The molecule has 1 aliphatic rings. The quantitative estimate of drug-likeness (QED) is 0.759. The summed E-state index contributed by atoms with van der Waals surface area (Å²) in [5, 5.41) is 29.8. The first-order valence-electron chi connectivity index (χ1n) is 7.60. The highest BCUT2D eigenvalue weighted by molar-refractivity contribution is 5.49. The summed E-state index contributed by atoms with van der Waals surface area (Å²) in [6.45, 7) is 0.880. The van der Waals surface area contributed by atoms with Crippen LogP contribution in [0.5, 0.6) is 23.0 Å². The van der Waals surface area contributed by atoms with Crippen LogP contribution in [0.3, 0.4) is 0 Å². The van der Waals surface area contributed by atoms with E-state index < -0.39 is 0 Å². The van der Waals surface area contributed by atoms with Crippen molar-refractivity contribution in [1.82, 2.24) is 4.90 Å². The monoisotopic (exact) mass is 315 g/mol. The SMILES string of the molecule is COc1cc2c(cc1O)[C@H](Cc1cc(O)ccc1O)N(C)CC2. The topological polar surface area (TPSA) is 73.2 Å². The molecule has 0 radical (unpaired) electrons. The summed E-state index contributed by atoms with van der Waals surface area (Å²) in [5.41, 5.74) is 2.85. The van der Waals surface area contributed by atoms with Crippen molar-refractivity contribution >= 4 is 0 Å². The number of rotatable bonds is 3. The number of phenols is 3. The highest BCUT2D eigenvalue weighted by atomic mass is 16.5. The molecule has 3 rings (SSSR count). The Hall–Kier alpha value is -2.40. The summed E-state index contributed by atoms with van der Waals surface area (Å²) in [4.78, 5) is 2.19. The van der Waals surface area contributed by atoms with Gasteiger partial charge in [-0.3, -0.25) is 4.90 Å². The van der Waals surface area contributed by atoms with E-state index in [-0.39, 0.29) is 23.3 Å². The van der Waals surface area contributed by atoms with Crippen LogP contribution in [-0.4, -0.2) is 40.9 Å². The van der Waals surface area contributed by atoms with Crippen LogP contribution < -0.4 is 4.74 Å². The Kier molecular flexibility index (Phi) is 4.05. The van der Waals surface area contributed by atoms with Gasteiger partial charge in [0.05, 0.1) is 7.11 Å². The number of likely N-dealkylation sites (N-methyl/N-ethyl adjacent to an activating group) is 1.